The van der Waals surface area contributed by atoms with Gasteiger partial charge in [-0.1, -0.05) is 11.3 Å². The summed E-state index contributed by atoms with van der Waals surface area (Å²) in [5, 5.41) is 11.8. The van der Waals surface area contributed by atoms with E-state index in [9.17, 15) is 14.7 Å². The van der Waals surface area contributed by atoms with Crippen molar-refractivity contribution in [1.82, 2.24) is 4.98 Å². The zero-order chi connectivity index (χ0) is 29.3. The minimum absolute atomic E-state index is 0.106. The Morgan fingerprint density at radius 1 is 0.902 bits per heavy atom. The molecule has 1 aromatic heterocycles. The molecule has 1 aliphatic heterocycles. The highest BCUT2D eigenvalue weighted by Gasteiger charge is 2.48. The predicted molar refractivity (Wildman–Crippen MR) is 155 cm³/mol. The molecule has 1 aliphatic rings. The fourth-order valence-electron chi connectivity index (χ4n) is 4.76. The normalized spacial score (nSPS) is 16.2. The van der Waals surface area contributed by atoms with Crippen LogP contribution in [0.2, 0.25) is 0 Å². The molecule has 1 N–H and O–H groups in total. The van der Waals surface area contributed by atoms with Gasteiger partial charge in [0.2, 0.25) is 5.75 Å². The van der Waals surface area contributed by atoms with Crippen LogP contribution in [0.4, 0.5) is 5.13 Å². The molecule has 5 rings (SSSR count). The summed E-state index contributed by atoms with van der Waals surface area (Å²) in [7, 11) is 5.98. The number of aliphatic hydroxyl groups excluding tert-OH is 1. The number of aliphatic hydroxyl groups is 1. The highest BCUT2D eigenvalue weighted by Crippen LogP contribution is 2.48. The van der Waals surface area contributed by atoms with Crippen LogP contribution >= 0.6 is 11.3 Å². The third kappa shape index (κ3) is 4.89. The third-order valence-corrected chi connectivity index (χ3v) is 7.69. The van der Waals surface area contributed by atoms with Gasteiger partial charge in [0.05, 0.1) is 56.9 Å². The Labute approximate surface area is 240 Å². The second kappa shape index (κ2) is 11.4. The van der Waals surface area contributed by atoms with Gasteiger partial charge < -0.3 is 28.8 Å². The predicted octanol–water partition coefficient (Wildman–Crippen LogP) is 5.36. The van der Waals surface area contributed by atoms with Crippen molar-refractivity contribution in [2.45, 2.75) is 13.0 Å². The number of thiazole rings is 1. The number of rotatable bonds is 9. The summed E-state index contributed by atoms with van der Waals surface area (Å²) in [5.74, 6) is 0.200. The molecule has 0 spiro atoms. The second-order valence-corrected chi connectivity index (χ2v) is 9.92. The van der Waals surface area contributed by atoms with Gasteiger partial charge in [0.1, 0.15) is 17.3 Å². The Hall–Kier alpha value is -4.77. The number of carbonyl (C=O) groups excluding carboxylic acids is 2. The number of methoxy groups -OCH3 is 4. The first-order valence-electron chi connectivity index (χ1n) is 12.6. The topological polar surface area (TPSA) is 117 Å². The smallest absolute Gasteiger partial charge is 0.301 e. The van der Waals surface area contributed by atoms with Gasteiger partial charge in [-0.15, -0.1) is 0 Å². The molecule has 0 aliphatic carbocycles. The number of fused-ring (bicyclic) bond motifs is 1. The number of anilines is 1. The van der Waals surface area contributed by atoms with Gasteiger partial charge in [-0.05, 0) is 67.1 Å². The van der Waals surface area contributed by atoms with E-state index < -0.39 is 17.7 Å². The molecule has 10 nitrogen and oxygen atoms in total. The number of ketones is 1. The fraction of sp³-hybridized carbons (Fsp3) is 0.233. The van der Waals surface area contributed by atoms with E-state index in [0.717, 1.165) is 4.70 Å². The van der Waals surface area contributed by atoms with Crippen molar-refractivity contribution >= 4 is 44.1 Å². The number of nitrogens with zero attached hydrogens (tertiary/aromatic N) is 2. The van der Waals surface area contributed by atoms with Gasteiger partial charge in [-0.3, -0.25) is 14.5 Å². The summed E-state index contributed by atoms with van der Waals surface area (Å²) in [6.07, 6.45) is 0. The van der Waals surface area contributed by atoms with Crippen LogP contribution in [0.1, 0.15) is 24.1 Å². The van der Waals surface area contributed by atoms with Crippen LogP contribution in [0, 0.1) is 0 Å². The number of hydrogen-bond donors (Lipinski definition) is 1. The van der Waals surface area contributed by atoms with Crippen LogP contribution in [0.25, 0.3) is 16.0 Å². The van der Waals surface area contributed by atoms with Gasteiger partial charge in [-0.25, -0.2) is 4.98 Å². The Morgan fingerprint density at radius 3 is 2.15 bits per heavy atom. The molecule has 2 heterocycles. The number of ether oxygens (including phenoxy) is 5. The van der Waals surface area contributed by atoms with Crippen LogP contribution < -0.4 is 28.6 Å². The first kappa shape index (κ1) is 27.8. The number of carbonyl (C=O) groups is 2. The molecular formula is C30H28N2O8S. The SMILES string of the molecule is CCOc1ccc(C(O)=C2C(=O)C(=O)N(c3nc4ccc(OC)cc4s3)C2c2cc(OC)c(OC)c(OC)c2)cc1. The van der Waals surface area contributed by atoms with Crippen molar-refractivity contribution in [3.63, 3.8) is 0 Å². The summed E-state index contributed by atoms with van der Waals surface area (Å²) < 4.78 is 28.2. The summed E-state index contributed by atoms with van der Waals surface area (Å²) >= 11 is 1.23. The van der Waals surface area contributed by atoms with E-state index in [2.05, 4.69) is 4.98 Å². The molecule has 212 valence electrons. The van der Waals surface area contributed by atoms with Crippen molar-refractivity contribution in [1.29, 1.82) is 0 Å². The van der Waals surface area contributed by atoms with E-state index in [0.29, 0.717) is 52.0 Å². The average molecular weight is 577 g/mol. The van der Waals surface area contributed by atoms with E-state index in [4.69, 9.17) is 23.7 Å². The molecule has 3 aromatic carbocycles. The van der Waals surface area contributed by atoms with Gasteiger partial charge in [-0.2, -0.15) is 0 Å². The molecule has 1 saturated heterocycles. The maximum Gasteiger partial charge on any atom is 0.301 e. The first-order valence-corrected chi connectivity index (χ1v) is 13.5. The lowest BCUT2D eigenvalue weighted by Crippen LogP contribution is -2.29. The van der Waals surface area contributed by atoms with Gasteiger partial charge >= 0.3 is 5.91 Å². The number of benzene rings is 3. The average Bonchev–Trinajstić information content (AvgIpc) is 3.53. The summed E-state index contributed by atoms with van der Waals surface area (Å²) in [6, 6.07) is 14.2. The Kier molecular flexibility index (Phi) is 7.71. The van der Waals surface area contributed by atoms with Gasteiger partial charge in [0, 0.05) is 5.56 Å². The van der Waals surface area contributed by atoms with Crippen molar-refractivity contribution in [2.24, 2.45) is 0 Å². The van der Waals surface area contributed by atoms with Crippen LogP contribution in [0.5, 0.6) is 28.7 Å². The molecule has 0 saturated carbocycles. The minimum Gasteiger partial charge on any atom is -0.507 e. The van der Waals surface area contributed by atoms with E-state index in [-0.39, 0.29) is 16.5 Å². The molecule has 1 fully saturated rings. The quantitative estimate of drug-likeness (QED) is 0.160. The lowest BCUT2D eigenvalue weighted by Gasteiger charge is -2.24. The molecule has 4 aromatic rings. The number of Topliss-reactive ketones (excluding diaryl/α,β-unsaturated/α-hetero) is 1. The van der Waals surface area contributed by atoms with Crippen molar-refractivity contribution < 1.29 is 38.4 Å². The molecular weight excluding hydrogens is 548 g/mol. The van der Waals surface area contributed by atoms with Crippen LogP contribution in [-0.2, 0) is 9.59 Å². The van der Waals surface area contributed by atoms with E-state index in [1.165, 1.54) is 37.6 Å². The summed E-state index contributed by atoms with van der Waals surface area (Å²) in [4.78, 5) is 33.3. The zero-order valence-corrected chi connectivity index (χ0v) is 23.9. The van der Waals surface area contributed by atoms with E-state index in [1.807, 2.05) is 13.0 Å². The molecule has 0 radical (unpaired) electrons. The molecule has 1 atom stereocenters. The Balaban J connectivity index is 1.74. The Morgan fingerprint density at radius 2 is 1.56 bits per heavy atom. The largest absolute Gasteiger partial charge is 0.507 e. The van der Waals surface area contributed by atoms with Crippen LogP contribution in [-0.4, -0.2) is 56.8 Å². The Bertz CT molecular complexity index is 1640. The number of aromatic nitrogens is 1. The van der Waals surface area contributed by atoms with Crippen molar-refractivity contribution in [2.75, 3.05) is 39.9 Å². The lowest BCUT2D eigenvalue weighted by molar-refractivity contribution is -0.132. The monoisotopic (exact) mass is 576 g/mol. The van der Waals surface area contributed by atoms with Crippen LogP contribution in [0.15, 0.2) is 60.2 Å². The van der Waals surface area contributed by atoms with Crippen molar-refractivity contribution in [3.05, 3.63) is 71.3 Å². The highest BCUT2D eigenvalue weighted by molar-refractivity contribution is 7.22. The molecule has 41 heavy (non-hydrogen) atoms. The maximum atomic E-state index is 13.7. The first-order chi connectivity index (χ1) is 19.8. The lowest BCUT2D eigenvalue weighted by atomic mass is 9.94. The van der Waals surface area contributed by atoms with Gasteiger partial charge in [0.25, 0.3) is 5.78 Å². The summed E-state index contributed by atoms with van der Waals surface area (Å²) in [6.45, 7) is 2.34. The zero-order valence-electron chi connectivity index (χ0n) is 23.1. The van der Waals surface area contributed by atoms with Crippen molar-refractivity contribution in [3.8, 4) is 28.7 Å². The van der Waals surface area contributed by atoms with Crippen LogP contribution in [0.3, 0.4) is 0 Å². The number of amides is 1. The standard InChI is InChI=1S/C30H28N2O8S/c1-6-40-18-9-7-16(8-10-18)26(33)24-25(17-13-21(37-3)28(39-5)22(14-17)38-4)32(29(35)27(24)34)30-31-20-12-11-19(36-2)15-23(20)41-30/h7-15,25,33H,6H2,1-5H3. The third-order valence-electron chi connectivity index (χ3n) is 6.68. The fourth-order valence-corrected chi connectivity index (χ4v) is 5.78. The molecule has 1 unspecified atom stereocenters. The maximum absolute atomic E-state index is 13.7. The minimum atomic E-state index is -1.06. The van der Waals surface area contributed by atoms with E-state index >= 15 is 0 Å². The van der Waals surface area contributed by atoms with E-state index in [1.54, 1.807) is 55.6 Å². The summed E-state index contributed by atoms with van der Waals surface area (Å²) in [5.41, 5.74) is 1.31. The highest BCUT2D eigenvalue weighted by atomic mass is 32.1. The number of hydrogen-bond acceptors (Lipinski definition) is 10. The molecule has 0 bridgehead atoms. The second-order valence-electron chi connectivity index (χ2n) is 8.92. The van der Waals surface area contributed by atoms with Gasteiger partial charge in [0.15, 0.2) is 16.6 Å². The molecule has 1 amide bonds. The molecule has 11 heteroatoms.